The molecule has 0 atom stereocenters. The van der Waals surface area contributed by atoms with E-state index in [0.29, 0.717) is 11.8 Å². The average molecular weight is 244 g/mol. The maximum absolute atomic E-state index is 12.1. The molecule has 5 heteroatoms. The van der Waals surface area contributed by atoms with E-state index in [2.05, 4.69) is 11.8 Å². The van der Waals surface area contributed by atoms with E-state index in [4.69, 9.17) is 0 Å². The molecule has 0 amide bonds. The van der Waals surface area contributed by atoms with Gasteiger partial charge in [0, 0.05) is 10.5 Å². The first-order valence-electron chi connectivity index (χ1n) is 4.29. The number of hydrogen-bond donors (Lipinski definition) is 0. The van der Waals surface area contributed by atoms with E-state index in [1.807, 2.05) is 0 Å². The number of alkyl halides is 3. The number of halogens is 3. The Labute approximate surface area is 95.0 Å². The van der Waals surface area contributed by atoms with Gasteiger partial charge in [-0.05, 0) is 30.0 Å². The minimum absolute atomic E-state index is 0.0800. The Bertz CT molecular complexity index is 429. The lowest BCUT2D eigenvalue weighted by Crippen LogP contribution is -1.98. The Morgan fingerprint density at radius 3 is 2.75 bits per heavy atom. The highest BCUT2D eigenvalue weighted by Gasteiger charge is 2.29. The molecule has 1 aromatic carbocycles. The number of aldehydes is 1. The molecule has 0 unspecified atom stereocenters. The maximum atomic E-state index is 12.1. The van der Waals surface area contributed by atoms with Gasteiger partial charge in [-0.3, -0.25) is 0 Å². The van der Waals surface area contributed by atoms with Crippen molar-refractivity contribution in [1.29, 1.82) is 0 Å². The van der Waals surface area contributed by atoms with Gasteiger partial charge in [-0.2, -0.15) is 13.2 Å². The molecule has 0 aliphatic heterocycles. The number of rotatable bonds is 2. The normalized spacial score (nSPS) is 10.4. The van der Waals surface area contributed by atoms with Crippen LogP contribution in [0.5, 0.6) is 0 Å². The van der Waals surface area contributed by atoms with Gasteiger partial charge < -0.3 is 4.79 Å². The van der Waals surface area contributed by atoms with Gasteiger partial charge in [0.05, 0.1) is 6.42 Å². The predicted molar refractivity (Wildman–Crippen MR) is 55.9 cm³/mol. The van der Waals surface area contributed by atoms with Crippen molar-refractivity contribution in [3.8, 4) is 11.8 Å². The van der Waals surface area contributed by atoms with Crippen LogP contribution in [0.1, 0.15) is 12.0 Å². The van der Waals surface area contributed by atoms with Gasteiger partial charge in [0.25, 0.3) is 0 Å². The third-order valence-electron chi connectivity index (χ3n) is 1.49. The SMILES string of the molecule is O=CCC#Cc1cccc(SC(F)(F)F)c1. The van der Waals surface area contributed by atoms with E-state index in [1.54, 1.807) is 6.07 Å². The zero-order valence-corrected chi connectivity index (χ0v) is 8.86. The molecule has 1 nitrogen and oxygen atoms in total. The Morgan fingerprint density at radius 1 is 1.38 bits per heavy atom. The van der Waals surface area contributed by atoms with Crippen molar-refractivity contribution in [1.82, 2.24) is 0 Å². The molecule has 0 N–H and O–H groups in total. The predicted octanol–water partition coefficient (Wildman–Crippen LogP) is 3.24. The highest BCUT2D eigenvalue weighted by atomic mass is 32.2. The van der Waals surface area contributed by atoms with Crippen LogP contribution in [0.25, 0.3) is 0 Å². The minimum Gasteiger partial charge on any atom is -0.302 e. The lowest BCUT2D eigenvalue weighted by Gasteiger charge is -2.04. The van der Waals surface area contributed by atoms with Crippen molar-refractivity contribution in [2.24, 2.45) is 0 Å². The van der Waals surface area contributed by atoms with E-state index in [-0.39, 0.29) is 23.1 Å². The number of carbonyl (C=O) groups is 1. The zero-order chi connectivity index (χ0) is 12.0. The van der Waals surface area contributed by atoms with Crippen molar-refractivity contribution >= 4 is 18.0 Å². The summed E-state index contributed by atoms with van der Waals surface area (Å²) >= 11 is -0.183. The van der Waals surface area contributed by atoms with Crippen LogP contribution in [0.3, 0.4) is 0 Å². The Kier molecular flexibility index (Phi) is 4.44. The summed E-state index contributed by atoms with van der Waals surface area (Å²) in [5.41, 5.74) is -3.83. The fraction of sp³-hybridized carbons (Fsp3) is 0.182. The van der Waals surface area contributed by atoms with Crippen LogP contribution in [0, 0.1) is 11.8 Å². The highest BCUT2D eigenvalue weighted by molar-refractivity contribution is 8.00. The summed E-state index contributed by atoms with van der Waals surface area (Å²) in [6, 6.07) is 5.80. The van der Waals surface area contributed by atoms with Gasteiger partial charge in [-0.25, -0.2) is 0 Å². The molecule has 0 aliphatic rings. The summed E-state index contributed by atoms with van der Waals surface area (Å²) < 4.78 is 36.2. The number of thioether (sulfide) groups is 1. The van der Waals surface area contributed by atoms with Gasteiger partial charge in [0.1, 0.15) is 6.29 Å². The van der Waals surface area contributed by atoms with E-state index in [9.17, 15) is 18.0 Å². The van der Waals surface area contributed by atoms with Crippen LogP contribution in [-0.2, 0) is 4.79 Å². The highest BCUT2D eigenvalue weighted by Crippen LogP contribution is 2.36. The zero-order valence-electron chi connectivity index (χ0n) is 8.04. The van der Waals surface area contributed by atoms with Crippen LogP contribution in [0.2, 0.25) is 0 Å². The lowest BCUT2D eigenvalue weighted by atomic mass is 10.2. The second-order valence-corrected chi connectivity index (χ2v) is 3.89. The molecular formula is C11H7F3OS. The number of carbonyl (C=O) groups excluding carboxylic acids is 1. The Morgan fingerprint density at radius 2 is 2.12 bits per heavy atom. The van der Waals surface area contributed by atoms with Gasteiger partial charge in [-0.1, -0.05) is 17.9 Å². The first kappa shape index (κ1) is 12.7. The molecule has 0 aromatic heterocycles. The topological polar surface area (TPSA) is 17.1 Å². The van der Waals surface area contributed by atoms with Crippen LogP contribution in [0.15, 0.2) is 29.2 Å². The smallest absolute Gasteiger partial charge is 0.302 e. The van der Waals surface area contributed by atoms with Crippen LogP contribution < -0.4 is 0 Å². The molecule has 1 aromatic rings. The van der Waals surface area contributed by atoms with E-state index in [0.717, 1.165) is 0 Å². The van der Waals surface area contributed by atoms with Crippen molar-refractivity contribution in [2.75, 3.05) is 0 Å². The van der Waals surface area contributed by atoms with Crippen molar-refractivity contribution < 1.29 is 18.0 Å². The van der Waals surface area contributed by atoms with Crippen molar-refractivity contribution in [2.45, 2.75) is 16.8 Å². The monoisotopic (exact) mass is 244 g/mol. The fourth-order valence-electron chi connectivity index (χ4n) is 0.966. The van der Waals surface area contributed by atoms with Crippen molar-refractivity contribution in [3.05, 3.63) is 29.8 Å². The van der Waals surface area contributed by atoms with E-state index in [1.165, 1.54) is 18.2 Å². The number of benzene rings is 1. The van der Waals surface area contributed by atoms with Crippen LogP contribution >= 0.6 is 11.8 Å². The molecule has 0 bridgehead atoms. The molecule has 0 saturated heterocycles. The molecule has 0 fully saturated rings. The second-order valence-electron chi connectivity index (χ2n) is 2.75. The van der Waals surface area contributed by atoms with E-state index < -0.39 is 5.51 Å². The summed E-state index contributed by atoms with van der Waals surface area (Å²) in [7, 11) is 0. The maximum Gasteiger partial charge on any atom is 0.446 e. The molecule has 0 heterocycles. The molecule has 0 saturated carbocycles. The molecule has 0 spiro atoms. The van der Waals surface area contributed by atoms with Crippen LogP contribution in [-0.4, -0.2) is 11.8 Å². The second kappa shape index (κ2) is 5.61. The van der Waals surface area contributed by atoms with Gasteiger partial charge in [-0.15, -0.1) is 0 Å². The third kappa shape index (κ3) is 4.89. The first-order chi connectivity index (χ1) is 7.51. The first-order valence-corrected chi connectivity index (χ1v) is 5.11. The molecular weight excluding hydrogens is 237 g/mol. The number of hydrogen-bond acceptors (Lipinski definition) is 2. The molecule has 16 heavy (non-hydrogen) atoms. The van der Waals surface area contributed by atoms with Crippen LogP contribution in [0.4, 0.5) is 13.2 Å². The molecule has 1 rings (SSSR count). The lowest BCUT2D eigenvalue weighted by molar-refractivity contribution is -0.107. The summed E-state index contributed by atoms with van der Waals surface area (Å²) in [6.45, 7) is 0. The fourth-order valence-corrected chi connectivity index (χ4v) is 1.57. The quantitative estimate of drug-likeness (QED) is 0.451. The summed E-state index contributed by atoms with van der Waals surface area (Å²) in [5.74, 6) is 5.14. The summed E-state index contributed by atoms with van der Waals surface area (Å²) in [5, 5.41) is 0. The third-order valence-corrected chi connectivity index (χ3v) is 2.21. The van der Waals surface area contributed by atoms with E-state index >= 15 is 0 Å². The minimum atomic E-state index is -4.30. The van der Waals surface area contributed by atoms with Gasteiger partial charge in [0.15, 0.2) is 0 Å². The largest absolute Gasteiger partial charge is 0.446 e. The molecule has 0 radical (unpaired) electrons. The Balaban J connectivity index is 2.80. The molecule has 0 aliphatic carbocycles. The molecule has 84 valence electrons. The standard InChI is InChI=1S/C11H7F3OS/c12-11(13,14)16-10-6-3-5-9(8-10)4-1-2-7-15/h3,5-8H,2H2. The summed E-state index contributed by atoms with van der Waals surface area (Å²) in [6.07, 6.45) is 0.720. The van der Waals surface area contributed by atoms with Gasteiger partial charge in [0.2, 0.25) is 0 Å². The Hall–Kier alpha value is -1.41. The average Bonchev–Trinajstić information content (AvgIpc) is 2.16. The summed E-state index contributed by atoms with van der Waals surface area (Å²) in [4.78, 5) is 10.1. The van der Waals surface area contributed by atoms with Crippen molar-refractivity contribution in [3.63, 3.8) is 0 Å². The van der Waals surface area contributed by atoms with Gasteiger partial charge >= 0.3 is 5.51 Å².